The van der Waals surface area contributed by atoms with Crippen LogP contribution in [0.3, 0.4) is 0 Å². The molecule has 4 rings (SSSR count). The molecular weight excluding hydrogens is 402 g/mol. The number of amides is 2. The highest BCUT2D eigenvalue weighted by atomic mass is 16.5. The maximum atomic E-state index is 12.7. The first-order valence-corrected chi connectivity index (χ1v) is 9.95. The van der Waals surface area contributed by atoms with Crippen molar-refractivity contribution in [3.8, 4) is 5.75 Å². The number of fused-ring (bicyclic) bond motifs is 2. The average molecular weight is 423 g/mol. The lowest BCUT2D eigenvalue weighted by atomic mass is 10.2. The number of nitrogens with one attached hydrogen (secondary N) is 1. The van der Waals surface area contributed by atoms with Gasteiger partial charge in [-0.1, -0.05) is 12.1 Å². The molecule has 0 atom stereocenters. The molecule has 31 heavy (non-hydrogen) atoms. The van der Waals surface area contributed by atoms with E-state index < -0.39 is 5.91 Å². The van der Waals surface area contributed by atoms with Gasteiger partial charge in [0.1, 0.15) is 11.3 Å². The van der Waals surface area contributed by atoms with Crippen LogP contribution in [0, 0.1) is 0 Å². The topological polar surface area (TPSA) is 111 Å². The fraction of sp³-hybridized carbons (Fsp3) is 0.273. The van der Waals surface area contributed by atoms with Crippen LogP contribution in [-0.2, 0) is 6.54 Å². The van der Waals surface area contributed by atoms with Crippen LogP contribution < -0.4 is 20.9 Å². The fourth-order valence-electron chi connectivity index (χ4n) is 3.50. The van der Waals surface area contributed by atoms with Gasteiger partial charge in [0, 0.05) is 38.3 Å². The molecule has 0 bridgehead atoms. The predicted octanol–water partition coefficient (Wildman–Crippen LogP) is 1.24. The molecule has 0 spiro atoms. The maximum Gasteiger partial charge on any atom is 0.287 e. The zero-order valence-electron chi connectivity index (χ0n) is 16.9. The van der Waals surface area contributed by atoms with Gasteiger partial charge in [-0.15, -0.1) is 0 Å². The number of pyridine rings is 1. The van der Waals surface area contributed by atoms with Crippen molar-refractivity contribution in [1.82, 2.24) is 14.8 Å². The van der Waals surface area contributed by atoms with Crippen LogP contribution in [0.1, 0.15) is 28.0 Å². The Morgan fingerprint density at radius 1 is 1.13 bits per heavy atom. The van der Waals surface area contributed by atoms with Crippen molar-refractivity contribution in [1.29, 1.82) is 0 Å². The van der Waals surface area contributed by atoms with Gasteiger partial charge in [-0.2, -0.15) is 0 Å². The maximum absolute atomic E-state index is 12.7. The monoisotopic (exact) mass is 423 g/mol. The standard InChI is InChI=1S/C22H21N3O6/c1-2-30-20-13-25-10-9-24(22(29)15(25)11-17(20)27)8-7-23-21(28)19-12-16(26)14-5-3-4-6-18(14)31-19/h3-6,11-13H,2,7-10H2,1H3,(H,23,28). The van der Waals surface area contributed by atoms with E-state index in [4.69, 9.17) is 9.15 Å². The first kappa shape index (κ1) is 20.4. The second kappa shape index (κ2) is 8.47. The first-order valence-electron chi connectivity index (χ1n) is 9.95. The molecule has 0 unspecified atom stereocenters. The summed E-state index contributed by atoms with van der Waals surface area (Å²) in [5, 5.41) is 3.07. The van der Waals surface area contributed by atoms with Gasteiger partial charge in [0.25, 0.3) is 11.8 Å². The van der Waals surface area contributed by atoms with Gasteiger partial charge in [-0.05, 0) is 19.1 Å². The Morgan fingerprint density at radius 2 is 1.94 bits per heavy atom. The highest BCUT2D eigenvalue weighted by molar-refractivity contribution is 5.94. The number of nitrogens with zero attached hydrogens (tertiary/aromatic N) is 2. The van der Waals surface area contributed by atoms with E-state index in [1.165, 1.54) is 6.07 Å². The predicted molar refractivity (Wildman–Crippen MR) is 113 cm³/mol. The van der Waals surface area contributed by atoms with Crippen LogP contribution in [0.4, 0.5) is 0 Å². The van der Waals surface area contributed by atoms with Crippen molar-refractivity contribution in [3.05, 3.63) is 74.5 Å². The number of ether oxygens (including phenoxy) is 1. The molecule has 0 aliphatic carbocycles. The SMILES string of the molecule is CCOc1cn2c(cc1=O)C(=O)N(CCNC(=O)c1cc(=O)c3ccccc3o1)CC2. The Hall–Kier alpha value is -3.88. The number of benzene rings is 1. The Morgan fingerprint density at radius 3 is 2.74 bits per heavy atom. The van der Waals surface area contributed by atoms with Crippen molar-refractivity contribution in [3.63, 3.8) is 0 Å². The molecule has 1 aromatic carbocycles. The summed E-state index contributed by atoms with van der Waals surface area (Å²) in [4.78, 5) is 50.9. The van der Waals surface area contributed by atoms with E-state index in [1.54, 1.807) is 46.9 Å². The number of para-hydroxylation sites is 1. The Bertz CT molecular complexity index is 1280. The van der Waals surface area contributed by atoms with E-state index in [-0.39, 0.29) is 47.1 Å². The molecule has 1 N–H and O–H groups in total. The smallest absolute Gasteiger partial charge is 0.287 e. The minimum Gasteiger partial charge on any atom is -0.488 e. The highest BCUT2D eigenvalue weighted by Gasteiger charge is 2.25. The lowest BCUT2D eigenvalue weighted by Crippen LogP contribution is -2.45. The van der Waals surface area contributed by atoms with Crippen LogP contribution in [0.15, 0.2) is 56.6 Å². The third-order valence-electron chi connectivity index (χ3n) is 5.04. The van der Waals surface area contributed by atoms with E-state index in [1.807, 2.05) is 0 Å². The average Bonchev–Trinajstić information content (AvgIpc) is 2.76. The Balaban J connectivity index is 1.41. The van der Waals surface area contributed by atoms with Gasteiger partial charge in [-0.3, -0.25) is 19.2 Å². The molecule has 3 aromatic rings. The molecule has 0 radical (unpaired) electrons. The minimum atomic E-state index is -0.537. The van der Waals surface area contributed by atoms with Crippen LogP contribution in [0.25, 0.3) is 11.0 Å². The van der Waals surface area contributed by atoms with Gasteiger partial charge in [0.2, 0.25) is 5.43 Å². The van der Waals surface area contributed by atoms with Gasteiger partial charge in [-0.25, -0.2) is 0 Å². The summed E-state index contributed by atoms with van der Waals surface area (Å²) < 4.78 is 12.5. The molecular formula is C22H21N3O6. The molecule has 0 saturated carbocycles. The summed E-state index contributed by atoms with van der Waals surface area (Å²) in [6.07, 6.45) is 1.56. The molecule has 160 valence electrons. The lowest BCUT2D eigenvalue weighted by Gasteiger charge is -2.30. The second-order valence-electron chi connectivity index (χ2n) is 7.03. The molecule has 3 heterocycles. The summed E-state index contributed by atoms with van der Waals surface area (Å²) in [7, 11) is 0. The molecule has 2 amide bonds. The highest BCUT2D eigenvalue weighted by Crippen LogP contribution is 2.15. The van der Waals surface area contributed by atoms with Crippen LogP contribution in [0.2, 0.25) is 0 Å². The van der Waals surface area contributed by atoms with E-state index >= 15 is 0 Å². The third kappa shape index (κ3) is 4.07. The van der Waals surface area contributed by atoms with Gasteiger partial charge < -0.3 is 23.9 Å². The van der Waals surface area contributed by atoms with Crippen molar-refractivity contribution in [2.24, 2.45) is 0 Å². The van der Waals surface area contributed by atoms with Crippen LogP contribution >= 0.6 is 0 Å². The molecule has 1 aliphatic heterocycles. The van der Waals surface area contributed by atoms with Crippen molar-refractivity contribution >= 4 is 22.8 Å². The minimum absolute atomic E-state index is 0.0889. The van der Waals surface area contributed by atoms with Gasteiger partial charge in [0.15, 0.2) is 16.9 Å². The summed E-state index contributed by atoms with van der Waals surface area (Å²) in [5.74, 6) is -0.700. The number of carbonyl (C=O) groups excluding carboxylic acids is 2. The number of carbonyl (C=O) groups is 2. The normalized spacial score (nSPS) is 13.2. The van der Waals surface area contributed by atoms with Gasteiger partial charge in [0.05, 0.1) is 18.2 Å². The molecule has 9 nitrogen and oxygen atoms in total. The van der Waals surface area contributed by atoms with Gasteiger partial charge >= 0.3 is 0 Å². The zero-order chi connectivity index (χ0) is 22.0. The number of rotatable bonds is 6. The number of hydrogen-bond donors (Lipinski definition) is 1. The van der Waals surface area contributed by atoms with Crippen LogP contribution in [0.5, 0.6) is 5.75 Å². The van der Waals surface area contributed by atoms with E-state index in [2.05, 4.69) is 5.32 Å². The molecule has 1 aliphatic rings. The number of aromatic nitrogens is 1. The summed E-state index contributed by atoms with van der Waals surface area (Å²) >= 11 is 0. The fourth-order valence-corrected chi connectivity index (χ4v) is 3.50. The first-order chi connectivity index (χ1) is 15.0. The van der Waals surface area contributed by atoms with Crippen LogP contribution in [-0.4, -0.2) is 47.5 Å². The molecule has 9 heteroatoms. The summed E-state index contributed by atoms with van der Waals surface area (Å²) in [6, 6.07) is 9.12. The number of hydrogen-bond acceptors (Lipinski definition) is 6. The van der Waals surface area contributed by atoms with Crippen molar-refractivity contribution in [2.75, 3.05) is 26.2 Å². The quantitative estimate of drug-likeness (QED) is 0.639. The Kier molecular flexibility index (Phi) is 5.57. The zero-order valence-corrected chi connectivity index (χ0v) is 16.9. The third-order valence-corrected chi connectivity index (χ3v) is 5.04. The van der Waals surface area contributed by atoms with E-state index in [9.17, 15) is 19.2 Å². The summed E-state index contributed by atoms with van der Waals surface area (Å²) in [5.41, 5.74) is -0.0269. The Labute approximate surface area is 176 Å². The largest absolute Gasteiger partial charge is 0.488 e. The molecule has 0 fully saturated rings. The lowest BCUT2D eigenvalue weighted by molar-refractivity contribution is 0.0695. The second-order valence-corrected chi connectivity index (χ2v) is 7.03. The van der Waals surface area contributed by atoms with Crippen molar-refractivity contribution < 1.29 is 18.7 Å². The molecule has 0 saturated heterocycles. The van der Waals surface area contributed by atoms with E-state index in [0.717, 1.165) is 6.07 Å². The van der Waals surface area contributed by atoms with Crippen molar-refractivity contribution in [2.45, 2.75) is 13.5 Å². The van der Waals surface area contributed by atoms with E-state index in [0.29, 0.717) is 30.7 Å². The molecule has 2 aromatic heterocycles. The summed E-state index contributed by atoms with van der Waals surface area (Å²) in [6.45, 7) is 3.52.